The highest BCUT2D eigenvalue weighted by molar-refractivity contribution is 4.90. The van der Waals surface area contributed by atoms with E-state index < -0.39 is 0 Å². The quantitative estimate of drug-likeness (QED) is 0.516. The largest absolute Gasteiger partial charge is 0.380 e. The van der Waals surface area contributed by atoms with Crippen LogP contribution in [0.5, 0.6) is 0 Å². The summed E-state index contributed by atoms with van der Waals surface area (Å²) in [6, 6.07) is 0.379. The van der Waals surface area contributed by atoms with Crippen molar-refractivity contribution >= 4 is 0 Å². The van der Waals surface area contributed by atoms with Crippen LogP contribution >= 0.6 is 0 Å². The molecule has 1 unspecified atom stereocenters. The number of nitrogens with one attached hydrogen (secondary N) is 1. The molecule has 1 heterocycles. The van der Waals surface area contributed by atoms with Crippen molar-refractivity contribution in [3.05, 3.63) is 12.2 Å². The number of nitrogens with two attached hydrogens (primary N) is 1. The van der Waals surface area contributed by atoms with Gasteiger partial charge in [-0.3, -0.25) is 11.3 Å². The van der Waals surface area contributed by atoms with E-state index in [4.69, 9.17) is 10.6 Å². The molecule has 0 aliphatic heterocycles. The van der Waals surface area contributed by atoms with Gasteiger partial charge in [0.1, 0.15) is 12.2 Å². The van der Waals surface area contributed by atoms with Crippen LogP contribution in [0, 0.1) is 0 Å². The van der Waals surface area contributed by atoms with E-state index in [9.17, 15) is 0 Å². The third-order valence-electron chi connectivity index (χ3n) is 2.32. The fourth-order valence-electron chi connectivity index (χ4n) is 1.50. The average molecular weight is 227 g/mol. The fourth-order valence-corrected chi connectivity index (χ4v) is 1.50. The van der Waals surface area contributed by atoms with Crippen molar-refractivity contribution < 1.29 is 4.74 Å². The molecule has 6 nitrogen and oxygen atoms in total. The molecule has 0 spiro atoms. The van der Waals surface area contributed by atoms with Crippen molar-refractivity contribution in [1.82, 2.24) is 20.2 Å². The molecule has 0 bridgehead atoms. The maximum atomic E-state index is 5.47. The summed E-state index contributed by atoms with van der Waals surface area (Å²) in [6.07, 6.45) is 2.29. The second-order valence-electron chi connectivity index (χ2n) is 3.94. The van der Waals surface area contributed by atoms with Gasteiger partial charge in [-0.2, -0.15) is 5.10 Å². The Kier molecular flexibility index (Phi) is 5.37. The highest BCUT2D eigenvalue weighted by Gasteiger charge is 2.14. The summed E-state index contributed by atoms with van der Waals surface area (Å²) >= 11 is 0. The van der Waals surface area contributed by atoms with Crippen LogP contribution < -0.4 is 11.3 Å². The lowest BCUT2D eigenvalue weighted by Gasteiger charge is -2.16. The summed E-state index contributed by atoms with van der Waals surface area (Å²) in [5.74, 6) is 6.40. The normalized spacial score (nSPS) is 13.3. The number of hydrogen-bond acceptors (Lipinski definition) is 5. The summed E-state index contributed by atoms with van der Waals surface area (Å²) in [5, 5.41) is 4.18. The molecule has 0 saturated carbocycles. The Balaban J connectivity index is 2.59. The van der Waals surface area contributed by atoms with Crippen molar-refractivity contribution in [2.24, 2.45) is 5.84 Å². The minimum Gasteiger partial charge on any atom is -0.380 e. The first-order valence-electron chi connectivity index (χ1n) is 5.61. The van der Waals surface area contributed by atoms with Gasteiger partial charge in [0, 0.05) is 19.1 Å². The molecular weight excluding hydrogens is 206 g/mol. The van der Waals surface area contributed by atoms with Gasteiger partial charge in [-0.1, -0.05) is 0 Å². The lowest BCUT2D eigenvalue weighted by molar-refractivity contribution is 0.121. The maximum Gasteiger partial charge on any atom is 0.138 e. The Hall–Kier alpha value is -0.980. The van der Waals surface area contributed by atoms with Crippen LogP contribution in [0.4, 0.5) is 0 Å². The molecule has 1 atom stereocenters. The number of aromatic nitrogens is 3. The number of rotatable bonds is 7. The topological polar surface area (TPSA) is 78.0 Å². The molecule has 0 aromatic carbocycles. The zero-order valence-corrected chi connectivity index (χ0v) is 10.2. The van der Waals surface area contributed by atoms with Gasteiger partial charge in [-0.15, -0.1) is 0 Å². The Morgan fingerprint density at radius 3 is 2.88 bits per heavy atom. The molecule has 0 amide bonds. The molecule has 0 radical (unpaired) electrons. The lowest BCUT2D eigenvalue weighted by Crippen LogP contribution is -2.41. The summed E-state index contributed by atoms with van der Waals surface area (Å²) in [6.45, 7) is 7.38. The van der Waals surface area contributed by atoms with Crippen molar-refractivity contribution in [3.63, 3.8) is 0 Å². The van der Waals surface area contributed by atoms with Crippen LogP contribution in [-0.4, -0.2) is 34.0 Å². The predicted octanol–water partition coefficient (Wildman–Crippen LogP) is 0.270. The average Bonchev–Trinajstić information content (AvgIpc) is 2.72. The zero-order chi connectivity index (χ0) is 12.0. The summed E-state index contributed by atoms with van der Waals surface area (Å²) < 4.78 is 7.23. The predicted molar refractivity (Wildman–Crippen MR) is 61.7 cm³/mol. The number of hydrazine groups is 1. The standard InChI is InChI=1S/C10H21N5O/c1-4-16-6-9(14-11)5-10-12-7-13-15(10)8(2)3/h7-9,14H,4-6,11H2,1-3H3. The van der Waals surface area contributed by atoms with Gasteiger partial charge in [-0.25, -0.2) is 9.67 Å². The summed E-state index contributed by atoms with van der Waals surface area (Å²) in [4.78, 5) is 4.23. The Morgan fingerprint density at radius 2 is 2.31 bits per heavy atom. The third-order valence-corrected chi connectivity index (χ3v) is 2.32. The lowest BCUT2D eigenvalue weighted by atomic mass is 10.2. The van der Waals surface area contributed by atoms with Crippen molar-refractivity contribution in [2.45, 2.75) is 39.3 Å². The van der Waals surface area contributed by atoms with Crippen LogP contribution in [0.25, 0.3) is 0 Å². The molecule has 6 heteroatoms. The van der Waals surface area contributed by atoms with E-state index >= 15 is 0 Å². The number of hydrogen-bond donors (Lipinski definition) is 2. The molecule has 0 aliphatic rings. The van der Waals surface area contributed by atoms with Crippen LogP contribution in [0.2, 0.25) is 0 Å². The molecule has 0 aliphatic carbocycles. The van der Waals surface area contributed by atoms with Gasteiger partial charge in [0.15, 0.2) is 0 Å². The second kappa shape index (κ2) is 6.57. The SMILES string of the molecule is CCOCC(Cc1ncnn1C(C)C)NN. The van der Waals surface area contributed by atoms with Gasteiger partial charge >= 0.3 is 0 Å². The van der Waals surface area contributed by atoms with E-state index in [1.165, 1.54) is 0 Å². The monoisotopic (exact) mass is 227 g/mol. The van der Waals surface area contributed by atoms with Gasteiger partial charge in [0.25, 0.3) is 0 Å². The fraction of sp³-hybridized carbons (Fsp3) is 0.800. The second-order valence-corrected chi connectivity index (χ2v) is 3.94. The van der Waals surface area contributed by atoms with E-state index in [1.807, 2.05) is 11.6 Å². The molecule has 92 valence electrons. The Labute approximate surface area is 96.2 Å². The molecule has 16 heavy (non-hydrogen) atoms. The molecular formula is C10H21N5O. The van der Waals surface area contributed by atoms with E-state index in [0.717, 1.165) is 5.82 Å². The third kappa shape index (κ3) is 3.55. The first kappa shape index (κ1) is 13.1. The van der Waals surface area contributed by atoms with Gasteiger partial charge < -0.3 is 4.74 Å². The smallest absolute Gasteiger partial charge is 0.138 e. The highest BCUT2D eigenvalue weighted by atomic mass is 16.5. The molecule has 1 rings (SSSR count). The number of nitrogens with zero attached hydrogens (tertiary/aromatic N) is 3. The first-order valence-corrected chi connectivity index (χ1v) is 5.61. The van der Waals surface area contributed by atoms with Gasteiger partial charge in [0.05, 0.1) is 12.6 Å². The molecule has 0 fully saturated rings. The van der Waals surface area contributed by atoms with E-state index in [1.54, 1.807) is 6.33 Å². The summed E-state index contributed by atoms with van der Waals surface area (Å²) in [7, 11) is 0. The van der Waals surface area contributed by atoms with Gasteiger partial charge in [0.2, 0.25) is 0 Å². The molecule has 1 aromatic heterocycles. The van der Waals surface area contributed by atoms with Gasteiger partial charge in [-0.05, 0) is 20.8 Å². The van der Waals surface area contributed by atoms with Crippen LogP contribution in [0.1, 0.15) is 32.6 Å². The van der Waals surface area contributed by atoms with Crippen molar-refractivity contribution in [1.29, 1.82) is 0 Å². The molecule has 0 saturated heterocycles. The summed E-state index contributed by atoms with van der Waals surface area (Å²) in [5.41, 5.74) is 2.74. The van der Waals surface area contributed by atoms with E-state index in [-0.39, 0.29) is 6.04 Å². The maximum absolute atomic E-state index is 5.47. The Bertz CT molecular complexity index is 299. The minimum atomic E-state index is 0.0710. The first-order chi connectivity index (χ1) is 7.69. The minimum absolute atomic E-state index is 0.0710. The van der Waals surface area contributed by atoms with Crippen LogP contribution in [0.15, 0.2) is 6.33 Å². The van der Waals surface area contributed by atoms with Crippen molar-refractivity contribution in [3.8, 4) is 0 Å². The highest BCUT2D eigenvalue weighted by Crippen LogP contribution is 2.07. The number of ether oxygens (including phenoxy) is 1. The zero-order valence-electron chi connectivity index (χ0n) is 10.2. The molecule has 3 N–H and O–H groups in total. The van der Waals surface area contributed by atoms with Crippen LogP contribution in [-0.2, 0) is 11.2 Å². The van der Waals surface area contributed by atoms with E-state index in [2.05, 4.69) is 29.4 Å². The van der Waals surface area contributed by atoms with Crippen LogP contribution in [0.3, 0.4) is 0 Å². The van der Waals surface area contributed by atoms with Crippen molar-refractivity contribution in [2.75, 3.05) is 13.2 Å². The van der Waals surface area contributed by atoms with E-state index in [0.29, 0.717) is 25.7 Å². The Morgan fingerprint density at radius 1 is 1.56 bits per heavy atom. The molecule has 1 aromatic rings.